The molecule has 0 saturated heterocycles. The van der Waals surface area contributed by atoms with Crippen LogP contribution < -0.4 is 10.0 Å². The first-order valence-electron chi connectivity index (χ1n) is 5.08. The van der Waals surface area contributed by atoms with E-state index in [1.807, 2.05) is 0 Å². The summed E-state index contributed by atoms with van der Waals surface area (Å²) < 4.78 is 25.8. The molecule has 18 heavy (non-hydrogen) atoms. The number of carbonyl (C=O) groups is 1. The Morgan fingerprint density at radius 2 is 1.89 bits per heavy atom. The molecule has 6 nitrogen and oxygen atoms in total. The molecule has 1 aromatic rings. The van der Waals surface area contributed by atoms with E-state index in [9.17, 15) is 13.2 Å². The molecule has 1 N–H and O–H groups in total. The second-order valence-electron chi connectivity index (χ2n) is 3.59. The first-order chi connectivity index (χ1) is 8.57. The highest BCUT2D eigenvalue weighted by Gasteiger charge is 2.19. The Balaban J connectivity index is 2.11. The Hall–Kier alpha value is -2.15. The van der Waals surface area contributed by atoms with Crippen molar-refractivity contribution in [3.8, 4) is 0 Å². The molecule has 0 saturated carbocycles. The molecule has 2 rings (SSSR count). The molecule has 0 aromatic heterocycles. The van der Waals surface area contributed by atoms with Gasteiger partial charge in [-0.15, -0.1) is 0 Å². The lowest BCUT2D eigenvalue weighted by Gasteiger charge is -2.10. The van der Waals surface area contributed by atoms with Crippen molar-refractivity contribution in [3.63, 3.8) is 0 Å². The van der Waals surface area contributed by atoms with Gasteiger partial charge in [0.05, 0.1) is 12.0 Å². The lowest BCUT2D eigenvalue weighted by Crippen LogP contribution is -2.33. The van der Waals surface area contributed by atoms with Crippen molar-refractivity contribution in [1.82, 2.24) is 10.0 Å². The number of rotatable bonds is 4. The molecule has 1 radical (unpaired) electrons. The van der Waals surface area contributed by atoms with Gasteiger partial charge < -0.3 is 0 Å². The molecule has 0 aliphatic carbocycles. The van der Waals surface area contributed by atoms with Gasteiger partial charge >= 0.3 is 0 Å². The van der Waals surface area contributed by atoms with Gasteiger partial charge in [-0.2, -0.15) is 5.32 Å². The van der Waals surface area contributed by atoms with E-state index in [1.54, 1.807) is 30.3 Å². The Bertz CT molecular complexity index is 606. The predicted molar refractivity (Wildman–Crippen MR) is 65.9 cm³/mol. The van der Waals surface area contributed by atoms with Gasteiger partial charge in [-0.25, -0.2) is 13.4 Å². The van der Waals surface area contributed by atoms with Gasteiger partial charge in [0.1, 0.15) is 12.0 Å². The number of sulfonamides is 1. The minimum atomic E-state index is -3.64. The van der Waals surface area contributed by atoms with Crippen LogP contribution in [-0.4, -0.2) is 20.7 Å². The highest BCUT2D eigenvalue weighted by molar-refractivity contribution is 7.88. The summed E-state index contributed by atoms with van der Waals surface area (Å²) in [6.07, 6.45) is 2.20. The van der Waals surface area contributed by atoms with Gasteiger partial charge in [-0.3, -0.25) is 9.52 Å². The van der Waals surface area contributed by atoms with Gasteiger partial charge in [0.25, 0.3) is 5.91 Å². The molecule has 0 bridgehead atoms. The lowest BCUT2D eigenvalue weighted by molar-refractivity contribution is -0.116. The quantitative estimate of drug-likeness (QED) is 0.837. The van der Waals surface area contributed by atoms with Crippen molar-refractivity contribution in [1.29, 1.82) is 0 Å². The highest BCUT2D eigenvalue weighted by Crippen LogP contribution is 2.06. The van der Waals surface area contributed by atoms with Crippen molar-refractivity contribution in [2.75, 3.05) is 0 Å². The number of nitrogens with one attached hydrogen (secondary N) is 1. The molecule has 1 amide bonds. The summed E-state index contributed by atoms with van der Waals surface area (Å²) in [6.45, 7) is 0. The van der Waals surface area contributed by atoms with Crippen LogP contribution in [0.25, 0.3) is 0 Å². The minimum Gasteiger partial charge on any atom is -0.276 e. The zero-order valence-electron chi connectivity index (χ0n) is 9.28. The molecule has 93 valence electrons. The van der Waals surface area contributed by atoms with Crippen LogP contribution in [0.4, 0.5) is 0 Å². The molecule has 0 unspecified atom stereocenters. The third kappa shape index (κ3) is 3.17. The van der Waals surface area contributed by atoms with E-state index in [-0.39, 0.29) is 11.4 Å². The molecule has 1 aliphatic heterocycles. The SMILES string of the molecule is O=C1[N]C=NC=C1NS(=O)(=O)Cc1ccccc1. The summed E-state index contributed by atoms with van der Waals surface area (Å²) in [5.74, 6) is -0.857. The smallest absolute Gasteiger partial charge is 0.276 e. The Morgan fingerprint density at radius 3 is 2.56 bits per heavy atom. The van der Waals surface area contributed by atoms with E-state index >= 15 is 0 Å². The van der Waals surface area contributed by atoms with E-state index in [0.717, 1.165) is 12.5 Å². The van der Waals surface area contributed by atoms with Crippen molar-refractivity contribution < 1.29 is 13.2 Å². The number of aliphatic imine (C=N–C) groups is 1. The van der Waals surface area contributed by atoms with Gasteiger partial charge in [0.2, 0.25) is 10.0 Å². The summed E-state index contributed by atoms with van der Waals surface area (Å²) in [5, 5.41) is 3.38. The van der Waals surface area contributed by atoms with Gasteiger partial charge in [-0.05, 0) is 5.56 Å². The molecular weight excluding hydrogens is 254 g/mol. The maximum atomic E-state index is 11.8. The van der Waals surface area contributed by atoms with E-state index < -0.39 is 15.9 Å². The number of nitrogens with zero attached hydrogens (tertiary/aromatic N) is 2. The standard InChI is InChI=1S/C11H10N3O3S/c15-11-10(6-12-8-13-11)14-18(16,17)7-9-4-2-1-3-5-9/h1-6,8,14H,7H2. The van der Waals surface area contributed by atoms with Gasteiger partial charge in [0.15, 0.2) is 0 Å². The van der Waals surface area contributed by atoms with Crippen LogP contribution >= 0.6 is 0 Å². The normalized spacial score (nSPS) is 14.9. The topological polar surface area (TPSA) is 89.7 Å². The fourth-order valence-corrected chi connectivity index (χ4v) is 2.56. The van der Waals surface area contributed by atoms with Crippen LogP contribution in [0, 0.1) is 0 Å². The number of benzene rings is 1. The van der Waals surface area contributed by atoms with E-state index in [1.165, 1.54) is 0 Å². The molecule has 0 spiro atoms. The zero-order chi connectivity index (χ0) is 13.0. The third-order valence-corrected chi connectivity index (χ3v) is 3.38. The summed E-state index contributed by atoms with van der Waals surface area (Å²) in [5.41, 5.74) is 0.489. The average Bonchev–Trinajstić information content (AvgIpc) is 2.32. The number of carbonyl (C=O) groups excluding carboxylic acids is 1. The monoisotopic (exact) mass is 264 g/mol. The first kappa shape index (κ1) is 12.3. The van der Waals surface area contributed by atoms with Crippen molar-refractivity contribution in [2.24, 2.45) is 4.99 Å². The summed E-state index contributed by atoms with van der Waals surface area (Å²) in [6, 6.07) is 8.67. The molecule has 1 heterocycles. The number of amides is 1. The average molecular weight is 264 g/mol. The summed E-state index contributed by atoms with van der Waals surface area (Å²) in [4.78, 5) is 14.9. The van der Waals surface area contributed by atoms with E-state index in [4.69, 9.17) is 0 Å². The van der Waals surface area contributed by atoms with Crippen LogP contribution in [0.2, 0.25) is 0 Å². The molecule has 7 heteroatoms. The first-order valence-corrected chi connectivity index (χ1v) is 6.73. The van der Waals surface area contributed by atoms with E-state index in [0.29, 0.717) is 5.56 Å². The molecule has 0 atom stereocenters. The molecule has 1 aliphatic rings. The largest absolute Gasteiger partial charge is 0.297 e. The van der Waals surface area contributed by atoms with Gasteiger partial charge in [-0.1, -0.05) is 30.3 Å². The van der Waals surface area contributed by atoms with Gasteiger partial charge in [0, 0.05) is 0 Å². The fourth-order valence-electron chi connectivity index (χ4n) is 1.39. The maximum Gasteiger partial charge on any atom is 0.297 e. The Kier molecular flexibility index (Phi) is 3.42. The Morgan fingerprint density at radius 1 is 1.17 bits per heavy atom. The Labute approximate surface area is 104 Å². The second-order valence-corrected chi connectivity index (χ2v) is 5.31. The van der Waals surface area contributed by atoms with Crippen molar-refractivity contribution >= 4 is 22.3 Å². The van der Waals surface area contributed by atoms with Crippen LogP contribution in [0.5, 0.6) is 0 Å². The lowest BCUT2D eigenvalue weighted by atomic mass is 10.2. The predicted octanol–water partition coefficient (Wildman–Crippen LogP) is 0.120. The maximum absolute atomic E-state index is 11.8. The van der Waals surface area contributed by atoms with Crippen LogP contribution in [-0.2, 0) is 20.6 Å². The molecule has 1 aromatic carbocycles. The minimum absolute atomic E-state index is 0.145. The second kappa shape index (κ2) is 5.01. The molecule has 0 fully saturated rings. The zero-order valence-corrected chi connectivity index (χ0v) is 10.1. The van der Waals surface area contributed by atoms with E-state index in [2.05, 4.69) is 15.0 Å². The highest BCUT2D eigenvalue weighted by atomic mass is 32.2. The summed E-state index contributed by atoms with van der Waals surface area (Å²) >= 11 is 0. The third-order valence-electron chi connectivity index (χ3n) is 2.14. The van der Waals surface area contributed by atoms with Crippen molar-refractivity contribution in [3.05, 3.63) is 47.8 Å². The summed E-state index contributed by atoms with van der Waals surface area (Å²) in [7, 11) is -3.64. The van der Waals surface area contributed by atoms with Crippen LogP contribution in [0.3, 0.4) is 0 Å². The van der Waals surface area contributed by atoms with Crippen molar-refractivity contribution in [2.45, 2.75) is 5.75 Å². The fraction of sp³-hybridized carbons (Fsp3) is 0.0909. The number of hydrogen-bond donors (Lipinski definition) is 1. The van der Waals surface area contributed by atoms with Crippen LogP contribution in [0.15, 0.2) is 47.2 Å². The molecular formula is C11H10N3O3S. The van der Waals surface area contributed by atoms with Crippen LogP contribution in [0.1, 0.15) is 5.56 Å². The number of hydrogen-bond acceptors (Lipinski definition) is 4.